The van der Waals surface area contributed by atoms with E-state index in [9.17, 15) is 4.79 Å². The molecular weight excluding hydrogens is 176 g/mol. The lowest BCUT2D eigenvalue weighted by Gasteiger charge is -2.16. The first-order valence-corrected chi connectivity index (χ1v) is 4.52. The van der Waals surface area contributed by atoms with E-state index in [0.29, 0.717) is 6.67 Å². The highest BCUT2D eigenvalue weighted by Gasteiger charge is 2.17. The Bertz CT molecular complexity index is 359. The minimum Gasteiger partial charge on any atom is -0.361 e. The summed E-state index contributed by atoms with van der Waals surface area (Å²) in [5.74, 6) is 0.0474. The quantitative estimate of drug-likeness (QED) is 0.666. The maximum Gasteiger partial charge on any atom is 0.259 e. The molecule has 1 aliphatic heterocycles. The van der Waals surface area contributed by atoms with Gasteiger partial charge >= 0.3 is 0 Å². The smallest absolute Gasteiger partial charge is 0.259 e. The Kier molecular flexibility index (Phi) is 2.23. The maximum atomic E-state index is 11.8. The molecule has 3 nitrogen and oxygen atoms in total. The van der Waals surface area contributed by atoms with Crippen LogP contribution in [-0.4, -0.2) is 29.4 Å². The van der Waals surface area contributed by atoms with Gasteiger partial charge in [-0.1, -0.05) is 18.2 Å². The summed E-state index contributed by atoms with van der Waals surface area (Å²) in [5, 5.41) is 0. The molecule has 1 aromatic rings. The van der Waals surface area contributed by atoms with Crippen LogP contribution >= 0.6 is 0 Å². The van der Waals surface area contributed by atoms with E-state index in [2.05, 4.69) is 0 Å². The molecule has 3 heteroatoms. The van der Waals surface area contributed by atoms with Gasteiger partial charge in [0.05, 0.1) is 6.67 Å². The Morgan fingerprint density at radius 3 is 2.50 bits per heavy atom. The zero-order chi connectivity index (χ0) is 9.97. The molecule has 0 fully saturated rings. The van der Waals surface area contributed by atoms with Crippen molar-refractivity contribution in [3.63, 3.8) is 0 Å². The van der Waals surface area contributed by atoms with E-state index >= 15 is 0 Å². The van der Waals surface area contributed by atoms with Gasteiger partial charge in [-0.3, -0.25) is 9.69 Å². The SMILES string of the molecule is CN1C=CN(C(=O)c2ccccc2)C1. The summed E-state index contributed by atoms with van der Waals surface area (Å²) >= 11 is 0. The fraction of sp³-hybridized carbons (Fsp3) is 0.182. The van der Waals surface area contributed by atoms with E-state index in [1.165, 1.54) is 0 Å². The second-order valence-electron chi connectivity index (χ2n) is 3.34. The van der Waals surface area contributed by atoms with Crippen LogP contribution in [0.5, 0.6) is 0 Å². The summed E-state index contributed by atoms with van der Waals surface area (Å²) in [6, 6.07) is 9.30. The molecule has 1 amide bonds. The summed E-state index contributed by atoms with van der Waals surface area (Å²) in [6.45, 7) is 0.633. The van der Waals surface area contributed by atoms with Gasteiger partial charge in [-0.15, -0.1) is 0 Å². The highest BCUT2D eigenvalue weighted by molar-refractivity contribution is 5.94. The standard InChI is InChI=1S/C11H12N2O/c1-12-7-8-13(9-12)11(14)10-5-3-2-4-6-10/h2-8H,9H2,1H3. The Labute approximate surface area is 83.2 Å². The summed E-state index contributed by atoms with van der Waals surface area (Å²) in [5.41, 5.74) is 0.729. The number of rotatable bonds is 1. The molecule has 0 N–H and O–H groups in total. The van der Waals surface area contributed by atoms with Crippen LogP contribution in [0, 0.1) is 0 Å². The largest absolute Gasteiger partial charge is 0.361 e. The molecule has 1 aliphatic rings. The third-order valence-electron chi connectivity index (χ3n) is 2.16. The minimum atomic E-state index is 0.0474. The number of hydrogen-bond acceptors (Lipinski definition) is 2. The number of amides is 1. The minimum absolute atomic E-state index is 0.0474. The predicted molar refractivity (Wildman–Crippen MR) is 54.4 cm³/mol. The average molecular weight is 188 g/mol. The molecule has 72 valence electrons. The summed E-state index contributed by atoms with van der Waals surface area (Å²) < 4.78 is 0. The molecule has 0 radical (unpaired) electrons. The fourth-order valence-corrected chi connectivity index (χ4v) is 1.41. The lowest BCUT2D eigenvalue weighted by molar-refractivity contribution is 0.0803. The van der Waals surface area contributed by atoms with Gasteiger partial charge in [-0.05, 0) is 12.1 Å². The summed E-state index contributed by atoms with van der Waals surface area (Å²) in [6.07, 6.45) is 3.69. The van der Waals surface area contributed by atoms with Crippen LogP contribution < -0.4 is 0 Å². The van der Waals surface area contributed by atoms with Crippen LogP contribution in [0.4, 0.5) is 0 Å². The van der Waals surface area contributed by atoms with Crippen LogP contribution in [-0.2, 0) is 0 Å². The number of benzene rings is 1. The van der Waals surface area contributed by atoms with E-state index in [1.807, 2.05) is 48.5 Å². The van der Waals surface area contributed by atoms with Gasteiger partial charge in [0, 0.05) is 25.0 Å². The van der Waals surface area contributed by atoms with Crippen molar-refractivity contribution in [1.82, 2.24) is 9.80 Å². The van der Waals surface area contributed by atoms with Crippen molar-refractivity contribution in [2.24, 2.45) is 0 Å². The normalized spacial score (nSPS) is 14.9. The molecule has 0 saturated heterocycles. The number of nitrogens with zero attached hydrogens (tertiary/aromatic N) is 2. The number of hydrogen-bond donors (Lipinski definition) is 0. The lowest BCUT2D eigenvalue weighted by Crippen LogP contribution is -2.28. The molecular formula is C11H12N2O. The second kappa shape index (κ2) is 3.54. The summed E-state index contributed by atoms with van der Waals surface area (Å²) in [7, 11) is 1.94. The van der Waals surface area contributed by atoms with Crippen molar-refractivity contribution in [2.45, 2.75) is 0 Å². The first-order chi connectivity index (χ1) is 6.77. The molecule has 2 rings (SSSR count). The Morgan fingerprint density at radius 1 is 1.21 bits per heavy atom. The second-order valence-corrected chi connectivity index (χ2v) is 3.34. The zero-order valence-corrected chi connectivity index (χ0v) is 8.05. The molecule has 0 bridgehead atoms. The Balaban J connectivity index is 2.14. The zero-order valence-electron chi connectivity index (χ0n) is 8.05. The molecule has 0 saturated carbocycles. The van der Waals surface area contributed by atoms with Gasteiger partial charge in [0.15, 0.2) is 0 Å². The van der Waals surface area contributed by atoms with Crippen molar-refractivity contribution in [3.05, 3.63) is 48.3 Å². The van der Waals surface area contributed by atoms with Crippen LogP contribution in [0.2, 0.25) is 0 Å². The van der Waals surface area contributed by atoms with Gasteiger partial charge in [0.1, 0.15) is 0 Å². The predicted octanol–water partition coefficient (Wildman–Crippen LogP) is 1.50. The van der Waals surface area contributed by atoms with Crippen molar-refractivity contribution in [1.29, 1.82) is 0 Å². The molecule has 0 aliphatic carbocycles. The Hall–Kier alpha value is -1.77. The third kappa shape index (κ3) is 1.62. The van der Waals surface area contributed by atoms with Gasteiger partial charge in [0.25, 0.3) is 5.91 Å². The molecule has 14 heavy (non-hydrogen) atoms. The number of carbonyl (C=O) groups excluding carboxylic acids is 1. The fourth-order valence-electron chi connectivity index (χ4n) is 1.41. The molecule has 1 heterocycles. The molecule has 0 aromatic heterocycles. The van der Waals surface area contributed by atoms with Crippen molar-refractivity contribution in [2.75, 3.05) is 13.7 Å². The topological polar surface area (TPSA) is 23.6 Å². The summed E-state index contributed by atoms with van der Waals surface area (Å²) in [4.78, 5) is 15.5. The van der Waals surface area contributed by atoms with Gasteiger partial charge < -0.3 is 4.90 Å². The van der Waals surface area contributed by atoms with Crippen LogP contribution in [0.1, 0.15) is 10.4 Å². The van der Waals surface area contributed by atoms with E-state index in [0.717, 1.165) is 5.56 Å². The first kappa shape index (κ1) is 8.81. The highest BCUT2D eigenvalue weighted by Crippen LogP contribution is 2.09. The van der Waals surface area contributed by atoms with E-state index < -0.39 is 0 Å². The lowest BCUT2D eigenvalue weighted by atomic mass is 10.2. The first-order valence-electron chi connectivity index (χ1n) is 4.52. The highest BCUT2D eigenvalue weighted by atomic mass is 16.2. The van der Waals surface area contributed by atoms with E-state index in [1.54, 1.807) is 11.1 Å². The number of carbonyl (C=O) groups is 1. The molecule has 0 atom stereocenters. The van der Waals surface area contributed by atoms with E-state index in [-0.39, 0.29) is 5.91 Å². The maximum absolute atomic E-state index is 11.8. The van der Waals surface area contributed by atoms with Crippen molar-refractivity contribution in [3.8, 4) is 0 Å². The Morgan fingerprint density at radius 2 is 1.93 bits per heavy atom. The van der Waals surface area contributed by atoms with Crippen molar-refractivity contribution < 1.29 is 4.79 Å². The molecule has 0 unspecified atom stereocenters. The monoisotopic (exact) mass is 188 g/mol. The van der Waals surface area contributed by atoms with Gasteiger partial charge in [-0.2, -0.15) is 0 Å². The van der Waals surface area contributed by atoms with Crippen molar-refractivity contribution >= 4 is 5.91 Å². The van der Waals surface area contributed by atoms with Crippen LogP contribution in [0.15, 0.2) is 42.7 Å². The molecule has 1 aromatic carbocycles. The van der Waals surface area contributed by atoms with Crippen LogP contribution in [0.3, 0.4) is 0 Å². The van der Waals surface area contributed by atoms with E-state index in [4.69, 9.17) is 0 Å². The third-order valence-corrected chi connectivity index (χ3v) is 2.16. The average Bonchev–Trinajstić information content (AvgIpc) is 2.65. The molecule has 0 spiro atoms. The van der Waals surface area contributed by atoms with Crippen LogP contribution in [0.25, 0.3) is 0 Å². The van der Waals surface area contributed by atoms with Gasteiger partial charge in [0.2, 0.25) is 0 Å². The van der Waals surface area contributed by atoms with Gasteiger partial charge in [-0.25, -0.2) is 0 Å².